The highest BCUT2D eigenvalue weighted by molar-refractivity contribution is 9.11. The zero-order valence-electron chi connectivity index (χ0n) is 11.7. The van der Waals surface area contributed by atoms with Crippen LogP contribution in [-0.4, -0.2) is 12.0 Å². The quantitative estimate of drug-likeness (QED) is 0.758. The molecule has 0 aliphatic heterocycles. The molecule has 3 aromatic rings. The maximum atomic E-state index is 5.78. The number of halogens is 1. The van der Waals surface area contributed by atoms with Gasteiger partial charge in [0.25, 0.3) is 0 Å². The summed E-state index contributed by atoms with van der Waals surface area (Å²) in [5, 5.41) is 3.33. The minimum Gasteiger partial charge on any atom is -0.370 e. The summed E-state index contributed by atoms with van der Waals surface area (Å²) >= 11 is 5.22. The predicted octanol–water partition coefficient (Wildman–Crippen LogP) is 4.15. The first-order chi connectivity index (χ1) is 10.2. The van der Waals surface area contributed by atoms with Crippen LogP contribution < -0.4 is 10.6 Å². The number of rotatable bonds is 4. The van der Waals surface area contributed by atoms with Crippen LogP contribution in [0.1, 0.15) is 11.3 Å². The van der Waals surface area contributed by atoms with E-state index in [1.165, 1.54) is 11.3 Å². The maximum absolute atomic E-state index is 5.78. The zero-order chi connectivity index (χ0) is 14.8. The molecule has 0 aliphatic carbocycles. The van der Waals surface area contributed by atoms with E-state index in [-0.39, 0.29) is 0 Å². The van der Waals surface area contributed by atoms with Gasteiger partial charge >= 0.3 is 0 Å². The Bertz CT molecular complexity index is 769. The van der Waals surface area contributed by atoms with Gasteiger partial charge in [0.15, 0.2) is 0 Å². The van der Waals surface area contributed by atoms with Crippen molar-refractivity contribution in [3.8, 4) is 0 Å². The van der Waals surface area contributed by atoms with Gasteiger partial charge < -0.3 is 10.6 Å². The van der Waals surface area contributed by atoms with Crippen molar-refractivity contribution in [3.63, 3.8) is 0 Å². The second-order valence-electron chi connectivity index (χ2n) is 4.97. The molecule has 0 unspecified atom stereocenters. The third-order valence-corrected chi connectivity index (χ3v) is 4.96. The van der Waals surface area contributed by atoms with E-state index in [0.29, 0.717) is 6.54 Å². The highest BCUT2D eigenvalue weighted by atomic mass is 79.9. The number of benzene rings is 1. The van der Waals surface area contributed by atoms with Gasteiger partial charge in [0.1, 0.15) is 0 Å². The molecular weight excluding hydrogens is 346 g/mol. The molecule has 2 heterocycles. The van der Waals surface area contributed by atoms with Crippen molar-refractivity contribution < 1.29 is 0 Å². The predicted molar refractivity (Wildman–Crippen MR) is 93.8 cm³/mol. The number of aromatic nitrogens is 1. The Morgan fingerprint density at radius 2 is 2.10 bits per heavy atom. The first kappa shape index (κ1) is 14.5. The van der Waals surface area contributed by atoms with Crippen LogP contribution >= 0.6 is 27.3 Å². The van der Waals surface area contributed by atoms with Crippen molar-refractivity contribution in [2.75, 3.05) is 11.9 Å². The molecule has 0 spiro atoms. The van der Waals surface area contributed by atoms with E-state index in [2.05, 4.69) is 56.4 Å². The van der Waals surface area contributed by atoms with E-state index in [4.69, 9.17) is 5.73 Å². The first-order valence-corrected chi connectivity index (χ1v) is 8.37. The minimum atomic E-state index is 0.454. The molecule has 5 heteroatoms. The van der Waals surface area contributed by atoms with E-state index in [1.807, 2.05) is 18.2 Å². The van der Waals surface area contributed by atoms with Crippen LogP contribution in [0.25, 0.3) is 10.9 Å². The lowest BCUT2D eigenvalue weighted by molar-refractivity contribution is 0.922. The third kappa shape index (κ3) is 3.10. The average Bonchev–Trinajstić information content (AvgIpc) is 2.91. The zero-order valence-corrected chi connectivity index (χ0v) is 14.1. The van der Waals surface area contributed by atoms with Gasteiger partial charge in [-0.2, -0.15) is 0 Å². The van der Waals surface area contributed by atoms with Gasteiger partial charge in [-0.1, -0.05) is 18.2 Å². The Balaban J connectivity index is 2.01. The molecule has 0 amide bonds. The number of para-hydroxylation sites is 1. The number of hydrogen-bond donors (Lipinski definition) is 1. The molecular formula is C16H16BrN3S. The van der Waals surface area contributed by atoms with Crippen molar-refractivity contribution in [2.24, 2.45) is 5.73 Å². The van der Waals surface area contributed by atoms with Crippen LogP contribution in [0.4, 0.5) is 5.69 Å². The van der Waals surface area contributed by atoms with Crippen LogP contribution in [0.15, 0.2) is 45.6 Å². The number of hydrogen-bond acceptors (Lipinski definition) is 4. The molecule has 2 N–H and O–H groups in total. The molecule has 3 nitrogen and oxygen atoms in total. The van der Waals surface area contributed by atoms with E-state index in [0.717, 1.165) is 26.9 Å². The summed E-state index contributed by atoms with van der Waals surface area (Å²) in [6, 6.07) is 12.4. The fourth-order valence-electron chi connectivity index (χ4n) is 2.42. The van der Waals surface area contributed by atoms with E-state index in [1.54, 1.807) is 11.3 Å². The lowest BCUT2D eigenvalue weighted by Gasteiger charge is -2.21. The molecule has 0 saturated carbocycles. The summed E-state index contributed by atoms with van der Waals surface area (Å²) in [7, 11) is 2.10. The maximum Gasteiger partial charge on any atom is 0.0726 e. The van der Waals surface area contributed by atoms with Crippen LogP contribution in [0, 0.1) is 0 Å². The van der Waals surface area contributed by atoms with Crippen LogP contribution in [0.3, 0.4) is 0 Å². The van der Waals surface area contributed by atoms with Gasteiger partial charge in [-0.25, -0.2) is 0 Å². The number of anilines is 1. The van der Waals surface area contributed by atoms with Gasteiger partial charge in [0, 0.05) is 31.2 Å². The van der Waals surface area contributed by atoms with Crippen molar-refractivity contribution in [3.05, 3.63) is 56.8 Å². The fraction of sp³-hybridized carbons (Fsp3) is 0.188. The Hall–Kier alpha value is -1.43. The topological polar surface area (TPSA) is 42.1 Å². The Labute approximate surface area is 136 Å². The molecule has 3 rings (SSSR count). The van der Waals surface area contributed by atoms with Crippen LogP contribution in [-0.2, 0) is 13.1 Å². The van der Waals surface area contributed by atoms with Gasteiger partial charge in [0.2, 0.25) is 0 Å². The molecule has 0 aliphatic rings. The highest BCUT2D eigenvalue weighted by Crippen LogP contribution is 2.28. The molecule has 0 bridgehead atoms. The smallest absolute Gasteiger partial charge is 0.0726 e. The molecule has 21 heavy (non-hydrogen) atoms. The Kier molecular flexibility index (Phi) is 4.24. The number of fused-ring (bicyclic) bond motifs is 1. The summed E-state index contributed by atoms with van der Waals surface area (Å²) in [4.78, 5) is 6.84. The Morgan fingerprint density at radius 1 is 1.29 bits per heavy atom. The summed E-state index contributed by atoms with van der Waals surface area (Å²) in [6.07, 6.45) is 0. The third-order valence-electron chi connectivity index (χ3n) is 3.41. The standard InChI is InChI=1S/C16H16BrN3S/c1-20(9-11-6-16(17)21-10-11)15-7-12(8-18)19-14-5-3-2-4-13(14)15/h2-7,10H,8-9,18H2,1H3. The summed E-state index contributed by atoms with van der Waals surface area (Å²) in [6.45, 7) is 1.32. The summed E-state index contributed by atoms with van der Waals surface area (Å²) in [5.41, 5.74) is 10.2. The van der Waals surface area contributed by atoms with Crippen molar-refractivity contribution in [1.82, 2.24) is 4.98 Å². The van der Waals surface area contributed by atoms with Gasteiger partial charge in [-0.05, 0) is 45.1 Å². The molecule has 0 saturated heterocycles. The minimum absolute atomic E-state index is 0.454. The second kappa shape index (κ2) is 6.13. The highest BCUT2D eigenvalue weighted by Gasteiger charge is 2.10. The van der Waals surface area contributed by atoms with Gasteiger partial charge in [0.05, 0.1) is 15.0 Å². The lowest BCUT2D eigenvalue weighted by atomic mass is 10.1. The summed E-state index contributed by atoms with van der Waals surface area (Å²) in [5.74, 6) is 0. The van der Waals surface area contributed by atoms with Crippen LogP contribution in [0.5, 0.6) is 0 Å². The van der Waals surface area contributed by atoms with Crippen molar-refractivity contribution >= 4 is 43.9 Å². The number of thiophene rings is 1. The molecule has 0 atom stereocenters. The van der Waals surface area contributed by atoms with Crippen LogP contribution in [0.2, 0.25) is 0 Å². The molecule has 0 radical (unpaired) electrons. The normalized spacial score (nSPS) is 11.0. The average molecular weight is 362 g/mol. The first-order valence-electron chi connectivity index (χ1n) is 6.70. The monoisotopic (exact) mass is 361 g/mol. The fourth-order valence-corrected chi connectivity index (χ4v) is 3.62. The number of nitrogens with two attached hydrogens (primary N) is 1. The van der Waals surface area contributed by atoms with Crippen molar-refractivity contribution in [2.45, 2.75) is 13.1 Å². The van der Waals surface area contributed by atoms with Gasteiger partial charge in [-0.3, -0.25) is 4.98 Å². The largest absolute Gasteiger partial charge is 0.370 e. The van der Waals surface area contributed by atoms with E-state index < -0.39 is 0 Å². The number of nitrogens with zero attached hydrogens (tertiary/aromatic N) is 2. The van der Waals surface area contributed by atoms with Crippen molar-refractivity contribution in [1.29, 1.82) is 0 Å². The van der Waals surface area contributed by atoms with Gasteiger partial charge in [-0.15, -0.1) is 11.3 Å². The molecule has 0 fully saturated rings. The molecule has 1 aromatic carbocycles. The Morgan fingerprint density at radius 3 is 2.81 bits per heavy atom. The van der Waals surface area contributed by atoms with E-state index in [9.17, 15) is 0 Å². The van der Waals surface area contributed by atoms with E-state index >= 15 is 0 Å². The second-order valence-corrected chi connectivity index (χ2v) is 7.26. The molecule has 2 aromatic heterocycles. The number of pyridine rings is 1. The SMILES string of the molecule is CN(Cc1csc(Br)c1)c1cc(CN)nc2ccccc12. The summed E-state index contributed by atoms with van der Waals surface area (Å²) < 4.78 is 1.16. The molecule has 108 valence electrons. The lowest BCUT2D eigenvalue weighted by Crippen LogP contribution is -2.17.